The number of aryl methyl sites for hydroxylation is 1. The molecule has 224 valence electrons. The van der Waals surface area contributed by atoms with Crippen molar-refractivity contribution < 1.29 is 0 Å². The van der Waals surface area contributed by atoms with Gasteiger partial charge in [-0.05, 0) is 125 Å². The van der Waals surface area contributed by atoms with Crippen molar-refractivity contribution in [2.75, 3.05) is 0 Å². The molecule has 1 aliphatic carbocycles. The first-order valence-electron chi connectivity index (χ1n) is 16.8. The van der Waals surface area contributed by atoms with E-state index in [2.05, 4.69) is 171 Å². The average molecular weight is 617 g/mol. The van der Waals surface area contributed by atoms with Crippen LogP contribution in [0, 0.1) is 0 Å². The molecule has 47 heavy (non-hydrogen) atoms. The Morgan fingerprint density at radius 2 is 0.936 bits per heavy atom. The molecular formula is C46H36Si. The summed E-state index contributed by atoms with van der Waals surface area (Å²) in [7, 11) is -1.93. The van der Waals surface area contributed by atoms with Gasteiger partial charge in [0.15, 0.2) is 0 Å². The fourth-order valence-electron chi connectivity index (χ4n) is 8.29. The Morgan fingerprint density at radius 3 is 1.64 bits per heavy atom. The van der Waals surface area contributed by atoms with Gasteiger partial charge in [-0.3, -0.25) is 0 Å². The second-order valence-electron chi connectivity index (χ2n) is 13.6. The molecular weight excluding hydrogens is 581 g/mol. The fourth-order valence-corrected chi connectivity index (χ4v) is 11.8. The van der Waals surface area contributed by atoms with Crippen LogP contribution < -0.4 is 10.4 Å². The maximum absolute atomic E-state index is 2.56. The molecule has 0 aromatic heterocycles. The monoisotopic (exact) mass is 616 g/mol. The van der Waals surface area contributed by atoms with Crippen molar-refractivity contribution in [2.24, 2.45) is 0 Å². The Balaban J connectivity index is 1.31. The van der Waals surface area contributed by atoms with Crippen molar-refractivity contribution in [1.29, 1.82) is 0 Å². The number of rotatable bonds is 4. The van der Waals surface area contributed by atoms with Gasteiger partial charge in [-0.2, -0.15) is 0 Å². The molecule has 0 spiro atoms. The molecule has 0 unspecified atom stereocenters. The molecule has 0 radical (unpaired) electrons. The van der Waals surface area contributed by atoms with Gasteiger partial charge < -0.3 is 0 Å². The topological polar surface area (TPSA) is 0 Å². The summed E-state index contributed by atoms with van der Waals surface area (Å²) in [5.74, 6) is 0. The van der Waals surface area contributed by atoms with E-state index < -0.39 is 8.07 Å². The van der Waals surface area contributed by atoms with E-state index in [4.69, 9.17) is 0 Å². The third-order valence-corrected chi connectivity index (χ3v) is 14.1. The summed E-state index contributed by atoms with van der Waals surface area (Å²) in [6.07, 6.45) is 2.12. The molecule has 0 saturated carbocycles. The zero-order valence-corrected chi connectivity index (χ0v) is 27.9. The van der Waals surface area contributed by atoms with E-state index in [1.165, 1.54) is 77.9 Å². The highest BCUT2D eigenvalue weighted by Crippen LogP contribution is 2.45. The first-order valence-corrected chi connectivity index (χ1v) is 19.8. The molecule has 0 amide bonds. The van der Waals surface area contributed by atoms with E-state index in [0.717, 1.165) is 12.8 Å². The minimum absolute atomic E-state index is 1.05. The van der Waals surface area contributed by atoms with Crippen LogP contribution in [0.25, 0.3) is 66.8 Å². The summed E-state index contributed by atoms with van der Waals surface area (Å²) < 4.78 is 0. The predicted octanol–water partition coefficient (Wildman–Crippen LogP) is 10.9. The lowest BCUT2D eigenvalue weighted by Gasteiger charge is -2.30. The number of benzene rings is 7. The Labute approximate surface area is 279 Å². The quantitative estimate of drug-likeness (QED) is 0.173. The Morgan fingerprint density at radius 1 is 0.383 bits per heavy atom. The first kappa shape index (κ1) is 28.0. The molecule has 0 atom stereocenters. The molecule has 0 fully saturated rings. The molecule has 0 N–H and O–H groups in total. The standard InChI is InChI=1S/C46H36Si/c1-47(2)44-22-10-9-21-40(44)41-26-24-33-23-25-39-42(37-20-12-18-35(28-37)32-15-7-4-8-16-32)29-38(30-43(39)45(33)46(41)47)36-19-11-17-34(27-36)31-13-5-3-6-14-31/h3-22,24,26-30H,23,25H2,1-2H3. The van der Waals surface area contributed by atoms with Gasteiger partial charge in [0.05, 0.1) is 0 Å². The number of hydrogen-bond donors (Lipinski definition) is 0. The number of fused-ring (bicyclic) bond motifs is 7. The van der Waals surface area contributed by atoms with Crippen LogP contribution in [0.15, 0.2) is 158 Å². The van der Waals surface area contributed by atoms with Crippen LogP contribution in [-0.4, -0.2) is 8.07 Å². The summed E-state index contributed by atoms with van der Waals surface area (Å²) in [5, 5.41) is 3.19. The van der Waals surface area contributed by atoms with Crippen molar-refractivity contribution in [1.82, 2.24) is 0 Å². The highest BCUT2D eigenvalue weighted by Gasteiger charge is 2.41. The van der Waals surface area contributed by atoms with Crippen molar-refractivity contribution in [3.05, 3.63) is 169 Å². The summed E-state index contributed by atoms with van der Waals surface area (Å²) in [4.78, 5) is 0. The van der Waals surface area contributed by atoms with Gasteiger partial charge in [-0.15, -0.1) is 0 Å². The van der Waals surface area contributed by atoms with E-state index >= 15 is 0 Å². The van der Waals surface area contributed by atoms with E-state index in [0.29, 0.717) is 0 Å². The third-order valence-electron chi connectivity index (χ3n) is 10.6. The molecule has 0 bridgehead atoms. The second kappa shape index (κ2) is 10.9. The zero-order valence-electron chi connectivity index (χ0n) is 26.9. The highest BCUT2D eigenvalue weighted by molar-refractivity contribution is 7.04. The van der Waals surface area contributed by atoms with Gasteiger partial charge in [-0.25, -0.2) is 0 Å². The summed E-state index contributed by atoms with van der Waals surface area (Å²) in [6.45, 7) is 5.12. The Hall–Kier alpha value is -5.24. The molecule has 0 nitrogen and oxygen atoms in total. The van der Waals surface area contributed by atoms with Crippen LogP contribution in [0.1, 0.15) is 11.1 Å². The van der Waals surface area contributed by atoms with Crippen molar-refractivity contribution in [2.45, 2.75) is 25.9 Å². The van der Waals surface area contributed by atoms with Crippen molar-refractivity contribution >= 4 is 18.4 Å². The Bertz CT molecular complexity index is 2310. The second-order valence-corrected chi connectivity index (χ2v) is 17.9. The zero-order chi connectivity index (χ0) is 31.5. The van der Waals surface area contributed by atoms with Crippen LogP contribution in [0.4, 0.5) is 0 Å². The van der Waals surface area contributed by atoms with Gasteiger partial charge in [0.25, 0.3) is 0 Å². The molecule has 9 rings (SSSR count). The fraction of sp³-hybridized carbons (Fsp3) is 0.0870. The summed E-state index contributed by atoms with van der Waals surface area (Å²) in [5.41, 5.74) is 19.0. The minimum atomic E-state index is -1.93. The van der Waals surface area contributed by atoms with E-state index in [9.17, 15) is 0 Å². The molecule has 1 heterocycles. The smallest absolute Gasteiger partial charge is 0.0623 e. The van der Waals surface area contributed by atoms with Gasteiger partial charge in [-0.1, -0.05) is 147 Å². The van der Waals surface area contributed by atoms with E-state index in [-0.39, 0.29) is 0 Å². The van der Waals surface area contributed by atoms with Crippen LogP contribution in [0.2, 0.25) is 13.1 Å². The van der Waals surface area contributed by atoms with E-state index in [1.807, 2.05) is 0 Å². The number of hydrogen-bond acceptors (Lipinski definition) is 0. The average Bonchev–Trinajstić information content (AvgIpc) is 3.38. The molecule has 2 aliphatic rings. The first-order chi connectivity index (χ1) is 23.1. The molecule has 0 saturated heterocycles. The summed E-state index contributed by atoms with van der Waals surface area (Å²) in [6, 6.07) is 58.8. The largest absolute Gasteiger partial charge is 0.114 e. The molecule has 1 aliphatic heterocycles. The predicted molar refractivity (Wildman–Crippen MR) is 203 cm³/mol. The van der Waals surface area contributed by atoms with Gasteiger partial charge in [0.2, 0.25) is 0 Å². The lowest BCUT2D eigenvalue weighted by molar-refractivity contribution is 0.946. The normalized spacial score (nSPS) is 13.7. The maximum atomic E-state index is 2.56. The lowest BCUT2D eigenvalue weighted by Crippen LogP contribution is -2.50. The minimum Gasteiger partial charge on any atom is -0.0623 e. The van der Waals surface area contributed by atoms with Crippen LogP contribution >= 0.6 is 0 Å². The lowest BCUT2D eigenvalue weighted by atomic mass is 9.78. The SMILES string of the molecule is C[Si]1(C)c2ccccc2-c2ccc3c(c21)-c1cc(-c2cccc(-c4ccccc4)c2)cc(-c2cccc(-c4ccccc4)c2)c1CC3. The van der Waals surface area contributed by atoms with Gasteiger partial charge >= 0.3 is 0 Å². The molecule has 7 aromatic rings. The van der Waals surface area contributed by atoms with Crippen LogP contribution in [0.5, 0.6) is 0 Å². The van der Waals surface area contributed by atoms with Crippen LogP contribution in [-0.2, 0) is 12.8 Å². The molecule has 7 aromatic carbocycles. The Kier molecular flexibility index (Phi) is 6.52. The molecule has 1 heteroatoms. The highest BCUT2D eigenvalue weighted by atomic mass is 28.3. The summed E-state index contributed by atoms with van der Waals surface area (Å²) >= 11 is 0. The van der Waals surface area contributed by atoms with Gasteiger partial charge in [0, 0.05) is 0 Å². The maximum Gasteiger partial charge on any atom is 0.114 e. The third kappa shape index (κ3) is 4.57. The van der Waals surface area contributed by atoms with Gasteiger partial charge in [0.1, 0.15) is 8.07 Å². The van der Waals surface area contributed by atoms with E-state index in [1.54, 1.807) is 10.4 Å². The van der Waals surface area contributed by atoms with Crippen molar-refractivity contribution in [3.8, 4) is 66.8 Å². The van der Waals surface area contributed by atoms with Crippen LogP contribution in [0.3, 0.4) is 0 Å². The van der Waals surface area contributed by atoms with Crippen molar-refractivity contribution in [3.63, 3.8) is 0 Å².